The predicted octanol–water partition coefficient (Wildman–Crippen LogP) is 3.49. The lowest BCUT2D eigenvalue weighted by atomic mass is 10.00. The maximum absolute atomic E-state index is 11.3. The van der Waals surface area contributed by atoms with E-state index in [4.69, 9.17) is 0 Å². The average Bonchev–Trinajstić information content (AvgIpc) is 2.48. The first kappa shape index (κ1) is 10.5. The third-order valence-electron chi connectivity index (χ3n) is 2.76. The summed E-state index contributed by atoms with van der Waals surface area (Å²) in [5.74, 6) is 1.13. The summed E-state index contributed by atoms with van der Waals surface area (Å²) in [6.07, 6.45) is 8.68. The molecule has 1 unspecified atom stereocenters. The number of carbonyl (C=O) groups is 1. The molecular weight excluding hydrogens is 160 g/mol. The van der Waals surface area contributed by atoms with Crippen molar-refractivity contribution < 1.29 is 4.79 Å². The molecule has 0 radical (unpaired) electrons. The second kappa shape index (κ2) is 5.21. The van der Waals surface area contributed by atoms with Crippen LogP contribution in [-0.2, 0) is 4.79 Å². The summed E-state index contributed by atoms with van der Waals surface area (Å²) in [6.45, 7) is 4.48. The number of carbonyl (C=O) groups excluding carboxylic acids is 1. The molecule has 0 aliphatic heterocycles. The number of hydrogen-bond donors (Lipinski definition) is 0. The van der Waals surface area contributed by atoms with E-state index in [9.17, 15) is 4.79 Å². The molecule has 1 nitrogen and oxygen atoms in total. The smallest absolute Gasteiger partial charge is 0.158 e. The molecule has 0 N–H and O–H groups in total. The minimum Gasteiger partial charge on any atom is -0.295 e. The zero-order valence-electron chi connectivity index (χ0n) is 8.81. The van der Waals surface area contributed by atoms with Gasteiger partial charge in [0.05, 0.1) is 0 Å². The SMILES string of the molecule is CCCC(C)CC=C1CCCC1=O. The molecule has 0 bridgehead atoms. The van der Waals surface area contributed by atoms with Gasteiger partial charge in [0, 0.05) is 6.42 Å². The van der Waals surface area contributed by atoms with Gasteiger partial charge in [-0.15, -0.1) is 0 Å². The van der Waals surface area contributed by atoms with E-state index in [1.807, 2.05) is 0 Å². The lowest BCUT2D eigenvalue weighted by Gasteiger charge is -2.06. The van der Waals surface area contributed by atoms with Gasteiger partial charge in [-0.3, -0.25) is 4.79 Å². The van der Waals surface area contributed by atoms with Crippen LogP contribution in [0.3, 0.4) is 0 Å². The van der Waals surface area contributed by atoms with E-state index in [0.717, 1.165) is 37.2 Å². The third kappa shape index (κ3) is 3.33. The predicted molar refractivity (Wildman–Crippen MR) is 55.6 cm³/mol. The molecule has 1 aliphatic rings. The van der Waals surface area contributed by atoms with Crippen molar-refractivity contribution in [3.05, 3.63) is 11.6 Å². The Balaban J connectivity index is 2.34. The van der Waals surface area contributed by atoms with Crippen LogP contribution in [0, 0.1) is 5.92 Å². The number of rotatable bonds is 4. The lowest BCUT2D eigenvalue weighted by molar-refractivity contribution is -0.114. The van der Waals surface area contributed by atoms with Gasteiger partial charge in [0.2, 0.25) is 0 Å². The zero-order chi connectivity index (χ0) is 9.68. The summed E-state index contributed by atoms with van der Waals surface area (Å²) >= 11 is 0. The van der Waals surface area contributed by atoms with Gasteiger partial charge in [0.25, 0.3) is 0 Å². The van der Waals surface area contributed by atoms with E-state index >= 15 is 0 Å². The van der Waals surface area contributed by atoms with Crippen molar-refractivity contribution in [2.45, 2.75) is 52.4 Å². The van der Waals surface area contributed by atoms with Crippen molar-refractivity contribution >= 4 is 5.78 Å². The van der Waals surface area contributed by atoms with Crippen molar-refractivity contribution in [1.29, 1.82) is 0 Å². The van der Waals surface area contributed by atoms with Gasteiger partial charge < -0.3 is 0 Å². The number of Topliss-reactive ketones (excluding diaryl/α,β-unsaturated/α-hetero) is 1. The summed E-state index contributed by atoms with van der Waals surface area (Å²) in [7, 11) is 0. The van der Waals surface area contributed by atoms with E-state index in [1.165, 1.54) is 12.8 Å². The highest BCUT2D eigenvalue weighted by Crippen LogP contribution is 2.22. The van der Waals surface area contributed by atoms with Crippen LogP contribution in [0.15, 0.2) is 11.6 Å². The van der Waals surface area contributed by atoms with Crippen LogP contribution in [0.25, 0.3) is 0 Å². The van der Waals surface area contributed by atoms with Gasteiger partial charge in [-0.1, -0.05) is 32.8 Å². The molecule has 0 heterocycles. The Morgan fingerprint density at radius 3 is 2.77 bits per heavy atom. The van der Waals surface area contributed by atoms with Crippen LogP contribution in [0.4, 0.5) is 0 Å². The normalized spacial score (nSPS) is 22.6. The van der Waals surface area contributed by atoms with Crippen molar-refractivity contribution in [2.75, 3.05) is 0 Å². The molecule has 13 heavy (non-hydrogen) atoms. The Labute approximate surface area is 81.2 Å². The van der Waals surface area contributed by atoms with Crippen LogP contribution in [-0.4, -0.2) is 5.78 Å². The molecule has 1 rings (SSSR count). The highest BCUT2D eigenvalue weighted by Gasteiger charge is 2.16. The van der Waals surface area contributed by atoms with Crippen LogP contribution in [0.2, 0.25) is 0 Å². The lowest BCUT2D eigenvalue weighted by Crippen LogP contribution is -1.95. The molecule has 0 aromatic carbocycles. The Morgan fingerprint density at radius 2 is 2.23 bits per heavy atom. The fraction of sp³-hybridized carbons (Fsp3) is 0.750. The summed E-state index contributed by atoms with van der Waals surface area (Å²) < 4.78 is 0. The first-order valence-corrected chi connectivity index (χ1v) is 5.46. The molecule has 1 saturated carbocycles. The Morgan fingerprint density at radius 1 is 1.46 bits per heavy atom. The quantitative estimate of drug-likeness (QED) is 0.605. The summed E-state index contributed by atoms with van der Waals surface area (Å²) in [4.78, 5) is 11.3. The molecule has 1 atom stereocenters. The molecule has 0 saturated heterocycles. The first-order valence-electron chi connectivity index (χ1n) is 5.46. The molecule has 0 aromatic rings. The summed E-state index contributed by atoms with van der Waals surface area (Å²) in [5.41, 5.74) is 1.10. The van der Waals surface area contributed by atoms with Crippen LogP contribution < -0.4 is 0 Å². The second-order valence-electron chi connectivity index (χ2n) is 4.14. The van der Waals surface area contributed by atoms with E-state index in [-0.39, 0.29) is 0 Å². The van der Waals surface area contributed by atoms with Crippen LogP contribution >= 0.6 is 0 Å². The van der Waals surface area contributed by atoms with Crippen molar-refractivity contribution in [3.63, 3.8) is 0 Å². The molecule has 1 aliphatic carbocycles. The molecule has 0 aromatic heterocycles. The minimum atomic E-state index is 0.392. The van der Waals surface area contributed by atoms with E-state index in [1.54, 1.807) is 0 Å². The molecule has 74 valence electrons. The molecular formula is C12H20O. The maximum Gasteiger partial charge on any atom is 0.158 e. The van der Waals surface area contributed by atoms with Gasteiger partial charge in [0.1, 0.15) is 0 Å². The van der Waals surface area contributed by atoms with Crippen molar-refractivity contribution in [2.24, 2.45) is 5.92 Å². The van der Waals surface area contributed by atoms with Gasteiger partial charge in [0.15, 0.2) is 5.78 Å². The maximum atomic E-state index is 11.3. The number of allylic oxidation sites excluding steroid dienone is 2. The topological polar surface area (TPSA) is 17.1 Å². The largest absolute Gasteiger partial charge is 0.295 e. The summed E-state index contributed by atoms with van der Waals surface area (Å²) in [5, 5.41) is 0. The van der Waals surface area contributed by atoms with Gasteiger partial charge in [-0.2, -0.15) is 0 Å². The van der Waals surface area contributed by atoms with Crippen molar-refractivity contribution in [3.8, 4) is 0 Å². The standard InChI is InChI=1S/C12H20O/c1-3-5-10(2)8-9-11-6-4-7-12(11)13/h9-10H,3-8H2,1-2H3. The van der Waals surface area contributed by atoms with E-state index in [2.05, 4.69) is 19.9 Å². The first-order chi connectivity index (χ1) is 6.24. The van der Waals surface area contributed by atoms with Crippen LogP contribution in [0.1, 0.15) is 52.4 Å². The fourth-order valence-electron chi connectivity index (χ4n) is 1.91. The van der Waals surface area contributed by atoms with Gasteiger partial charge in [-0.25, -0.2) is 0 Å². The molecule has 1 fully saturated rings. The van der Waals surface area contributed by atoms with Gasteiger partial charge in [-0.05, 0) is 30.8 Å². The highest BCUT2D eigenvalue weighted by molar-refractivity contribution is 5.97. The number of ketones is 1. The minimum absolute atomic E-state index is 0.392. The Bertz CT molecular complexity index is 203. The summed E-state index contributed by atoms with van der Waals surface area (Å²) in [6, 6.07) is 0. The Kier molecular flexibility index (Phi) is 4.20. The Hall–Kier alpha value is -0.590. The second-order valence-corrected chi connectivity index (χ2v) is 4.14. The number of hydrogen-bond acceptors (Lipinski definition) is 1. The molecule has 0 spiro atoms. The average molecular weight is 180 g/mol. The van der Waals surface area contributed by atoms with Crippen molar-refractivity contribution in [1.82, 2.24) is 0 Å². The third-order valence-corrected chi connectivity index (χ3v) is 2.76. The highest BCUT2D eigenvalue weighted by atomic mass is 16.1. The van der Waals surface area contributed by atoms with Gasteiger partial charge >= 0.3 is 0 Å². The van der Waals surface area contributed by atoms with E-state index in [0.29, 0.717) is 5.78 Å². The van der Waals surface area contributed by atoms with E-state index < -0.39 is 0 Å². The zero-order valence-corrected chi connectivity index (χ0v) is 8.81. The van der Waals surface area contributed by atoms with Crippen LogP contribution in [0.5, 0.6) is 0 Å². The fourth-order valence-corrected chi connectivity index (χ4v) is 1.91. The molecule has 0 amide bonds. The molecule has 1 heteroatoms. The monoisotopic (exact) mass is 180 g/mol.